The quantitative estimate of drug-likeness (QED) is 0.595. The number of fused-ring (bicyclic) bond motifs is 1. The molecule has 0 aliphatic carbocycles. The molecule has 0 saturated carbocycles. The normalized spacial score (nSPS) is 17.1. The maximum Gasteiger partial charge on any atom is 0.269 e. The second kappa shape index (κ2) is 8.10. The van der Waals surface area contributed by atoms with Crippen molar-refractivity contribution in [3.8, 4) is 11.5 Å². The van der Waals surface area contributed by atoms with Crippen LogP contribution in [0.2, 0.25) is 0 Å². The summed E-state index contributed by atoms with van der Waals surface area (Å²) in [4.78, 5) is 52.0. The van der Waals surface area contributed by atoms with Gasteiger partial charge >= 0.3 is 0 Å². The van der Waals surface area contributed by atoms with Crippen LogP contribution >= 0.6 is 0 Å². The lowest BCUT2D eigenvalue weighted by molar-refractivity contribution is -0.140. The Labute approximate surface area is 178 Å². The molecule has 1 unspecified atom stereocenters. The molecule has 1 fully saturated rings. The van der Waals surface area contributed by atoms with Crippen LogP contribution in [0.15, 0.2) is 42.5 Å². The third-order valence-electron chi connectivity index (χ3n) is 5.16. The van der Waals surface area contributed by atoms with E-state index in [4.69, 9.17) is 9.47 Å². The maximum absolute atomic E-state index is 13.1. The molecule has 2 aliphatic heterocycles. The Kier molecular flexibility index (Phi) is 5.33. The predicted molar refractivity (Wildman–Crippen MR) is 109 cm³/mol. The van der Waals surface area contributed by atoms with Crippen molar-refractivity contribution in [3.05, 3.63) is 53.6 Å². The molecule has 31 heavy (non-hydrogen) atoms. The van der Waals surface area contributed by atoms with E-state index in [2.05, 4.69) is 5.43 Å². The summed E-state index contributed by atoms with van der Waals surface area (Å²) in [6.07, 6.45) is -0.191. The molecule has 1 N–H and O–H groups in total. The van der Waals surface area contributed by atoms with Crippen LogP contribution in [-0.4, -0.2) is 41.5 Å². The molecule has 0 spiro atoms. The number of hydrogen-bond acceptors (Lipinski definition) is 6. The molecule has 160 valence electrons. The van der Waals surface area contributed by atoms with Crippen molar-refractivity contribution in [2.75, 3.05) is 11.7 Å². The largest absolute Gasteiger partial charge is 0.454 e. The fraction of sp³-hybridized carbons (Fsp3) is 0.273. The molecule has 1 saturated heterocycles. The van der Waals surface area contributed by atoms with Gasteiger partial charge in [0.15, 0.2) is 11.5 Å². The first kappa shape index (κ1) is 20.4. The Balaban J connectivity index is 1.58. The van der Waals surface area contributed by atoms with Crippen molar-refractivity contribution in [1.29, 1.82) is 0 Å². The number of imide groups is 1. The zero-order chi connectivity index (χ0) is 22.1. The van der Waals surface area contributed by atoms with Crippen LogP contribution in [0.25, 0.3) is 0 Å². The van der Waals surface area contributed by atoms with E-state index in [1.165, 1.54) is 6.07 Å². The van der Waals surface area contributed by atoms with Gasteiger partial charge in [-0.15, -0.1) is 0 Å². The first-order valence-corrected chi connectivity index (χ1v) is 9.85. The first-order chi connectivity index (χ1) is 14.9. The van der Waals surface area contributed by atoms with Crippen LogP contribution < -0.4 is 19.8 Å². The summed E-state index contributed by atoms with van der Waals surface area (Å²) in [5, 5.41) is 0.968. The van der Waals surface area contributed by atoms with Crippen molar-refractivity contribution in [2.24, 2.45) is 0 Å². The number of carbonyl (C=O) groups excluding carboxylic acids is 4. The average molecular weight is 423 g/mol. The van der Waals surface area contributed by atoms with Gasteiger partial charge in [0.2, 0.25) is 18.6 Å². The van der Waals surface area contributed by atoms with Gasteiger partial charge in [0.1, 0.15) is 6.04 Å². The molecule has 0 bridgehead atoms. The van der Waals surface area contributed by atoms with Crippen molar-refractivity contribution >= 4 is 29.3 Å². The van der Waals surface area contributed by atoms with Crippen molar-refractivity contribution in [1.82, 2.24) is 10.4 Å². The number of hydrazine groups is 1. The lowest BCUT2D eigenvalue weighted by atomic mass is 10.1. The van der Waals surface area contributed by atoms with Gasteiger partial charge in [-0.3, -0.25) is 24.6 Å². The summed E-state index contributed by atoms with van der Waals surface area (Å²) in [7, 11) is 0. The molecule has 1 atom stereocenters. The van der Waals surface area contributed by atoms with Gasteiger partial charge in [-0.1, -0.05) is 24.6 Å². The molecular formula is C22H21N3O6. The highest BCUT2D eigenvalue weighted by Gasteiger charge is 2.45. The van der Waals surface area contributed by atoms with E-state index in [9.17, 15) is 19.2 Å². The number of carbonyl (C=O) groups is 4. The summed E-state index contributed by atoms with van der Waals surface area (Å²) < 4.78 is 10.6. The number of anilines is 1. The van der Waals surface area contributed by atoms with Crippen LogP contribution in [0.3, 0.4) is 0 Å². The van der Waals surface area contributed by atoms with Gasteiger partial charge in [-0.05, 0) is 31.2 Å². The lowest BCUT2D eigenvalue weighted by Crippen LogP contribution is -2.54. The van der Waals surface area contributed by atoms with Crippen LogP contribution in [0.4, 0.5) is 5.69 Å². The minimum absolute atomic E-state index is 0.0518. The van der Waals surface area contributed by atoms with E-state index in [1.54, 1.807) is 43.3 Å². The summed E-state index contributed by atoms with van der Waals surface area (Å²) in [6.45, 7) is 3.57. The van der Waals surface area contributed by atoms with Gasteiger partial charge in [-0.25, -0.2) is 9.91 Å². The molecular weight excluding hydrogens is 402 g/mol. The second-order valence-corrected chi connectivity index (χ2v) is 7.25. The Hall–Kier alpha value is -3.88. The van der Waals surface area contributed by atoms with E-state index in [-0.39, 0.29) is 19.6 Å². The molecule has 0 radical (unpaired) electrons. The predicted octanol–water partition coefficient (Wildman–Crippen LogP) is 1.94. The number of rotatable bonds is 4. The Morgan fingerprint density at radius 2 is 1.81 bits per heavy atom. The molecule has 9 nitrogen and oxygen atoms in total. The SMILES string of the molecule is CCC(=O)N(NC(=O)c1ccc(C)cc1)C1CC(=O)N(c2ccc3c(c2)OCO3)C1=O. The molecule has 2 heterocycles. The van der Waals surface area contributed by atoms with Crippen LogP contribution in [0.1, 0.15) is 35.7 Å². The third kappa shape index (κ3) is 3.81. The smallest absolute Gasteiger partial charge is 0.269 e. The van der Waals surface area contributed by atoms with Gasteiger partial charge in [-0.2, -0.15) is 0 Å². The number of amides is 4. The molecule has 2 aromatic carbocycles. The van der Waals surface area contributed by atoms with E-state index >= 15 is 0 Å². The maximum atomic E-state index is 13.1. The number of nitrogens with one attached hydrogen (secondary N) is 1. The second-order valence-electron chi connectivity index (χ2n) is 7.25. The van der Waals surface area contributed by atoms with Gasteiger partial charge in [0, 0.05) is 18.1 Å². The Morgan fingerprint density at radius 1 is 1.10 bits per heavy atom. The number of benzene rings is 2. The minimum Gasteiger partial charge on any atom is -0.454 e. The van der Waals surface area contributed by atoms with Crippen LogP contribution in [-0.2, 0) is 14.4 Å². The number of ether oxygens (including phenoxy) is 2. The zero-order valence-electron chi connectivity index (χ0n) is 17.1. The number of aryl methyl sites for hydroxylation is 1. The van der Waals surface area contributed by atoms with Crippen molar-refractivity contribution < 1.29 is 28.7 Å². The highest BCUT2D eigenvalue weighted by molar-refractivity contribution is 6.23. The van der Waals surface area contributed by atoms with Gasteiger partial charge in [0.25, 0.3) is 11.8 Å². The van der Waals surface area contributed by atoms with E-state index in [0.29, 0.717) is 22.7 Å². The minimum atomic E-state index is -1.14. The Morgan fingerprint density at radius 3 is 2.52 bits per heavy atom. The molecule has 4 amide bonds. The Bertz CT molecular complexity index is 1070. The van der Waals surface area contributed by atoms with Crippen molar-refractivity contribution in [2.45, 2.75) is 32.7 Å². The van der Waals surface area contributed by atoms with Gasteiger partial charge in [0.05, 0.1) is 12.1 Å². The standard InChI is InChI=1S/C22H21N3O6/c1-3-19(26)25(23-21(28)14-6-4-13(2)5-7-14)16-11-20(27)24(22(16)29)15-8-9-17-18(10-15)31-12-30-17/h4-10,16H,3,11-12H2,1-2H3,(H,23,28). The summed E-state index contributed by atoms with van der Waals surface area (Å²) in [5.74, 6) is -1.15. The zero-order valence-corrected chi connectivity index (χ0v) is 17.1. The summed E-state index contributed by atoms with van der Waals surface area (Å²) in [5.41, 5.74) is 4.14. The average Bonchev–Trinajstić information content (AvgIpc) is 3.35. The molecule has 4 rings (SSSR count). The monoisotopic (exact) mass is 423 g/mol. The van der Waals surface area contributed by atoms with E-state index in [1.807, 2.05) is 6.92 Å². The summed E-state index contributed by atoms with van der Waals surface area (Å²) >= 11 is 0. The number of hydrogen-bond donors (Lipinski definition) is 1. The molecule has 2 aromatic rings. The van der Waals surface area contributed by atoms with E-state index < -0.39 is 29.7 Å². The third-order valence-corrected chi connectivity index (χ3v) is 5.16. The molecule has 2 aliphatic rings. The van der Waals surface area contributed by atoms with Crippen molar-refractivity contribution in [3.63, 3.8) is 0 Å². The lowest BCUT2D eigenvalue weighted by Gasteiger charge is -2.27. The van der Waals surface area contributed by atoms with Crippen LogP contribution in [0.5, 0.6) is 11.5 Å². The van der Waals surface area contributed by atoms with E-state index in [0.717, 1.165) is 15.5 Å². The molecule has 0 aromatic heterocycles. The van der Waals surface area contributed by atoms with Crippen LogP contribution in [0, 0.1) is 6.92 Å². The molecule has 9 heteroatoms. The topological polar surface area (TPSA) is 105 Å². The highest BCUT2D eigenvalue weighted by atomic mass is 16.7. The summed E-state index contributed by atoms with van der Waals surface area (Å²) in [6, 6.07) is 10.4. The number of nitrogens with zero attached hydrogens (tertiary/aromatic N) is 2. The fourth-order valence-electron chi connectivity index (χ4n) is 3.48. The fourth-order valence-corrected chi connectivity index (χ4v) is 3.48. The first-order valence-electron chi connectivity index (χ1n) is 9.85. The highest BCUT2D eigenvalue weighted by Crippen LogP contribution is 2.37. The van der Waals surface area contributed by atoms with Gasteiger partial charge < -0.3 is 9.47 Å².